The average molecular weight is 315 g/mol. The summed E-state index contributed by atoms with van der Waals surface area (Å²) in [5.41, 5.74) is 10.9. The number of hydrogen-bond acceptors (Lipinski definition) is 5. The van der Waals surface area contributed by atoms with E-state index in [1.807, 2.05) is 6.92 Å². The largest absolute Gasteiger partial charge is 0.398 e. The number of sulfonamides is 1. The van der Waals surface area contributed by atoms with Crippen LogP contribution in [-0.4, -0.2) is 34.1 Å². The number of rotatable bonds is 9. The Balaban J connectivity index is 2.64. The van der Waals surface area contributed by atoms with Crippen LogP contribution in [-0.2, 0) is 14.8 Å². The van der Waals surface area contributed by atoms with Crippen LogP contribution in [0.25, 0.3) is 0 Å². The monoisotopic (exact) mass is 315 g/mol. The van der Waals surface area contributed by atoms with Crippen LogP contribution >= 0.6 is 0 Å². The molecule has 1 rings (SSSR count). The van der Waals surface area contributed by atoms with Crippen LogP contribution in [0.15, 0.2) is 23.1 Å². The van der Waals surface area contributed by atoms with Gasteiger partial charge in [0.2, 0.25) is 15.9 Å². The first-order chi connectivity index (χ1) is 9.88. The van der Waals surface area contributed by atoms with Crippen molar-refractivity contribution in [3.63, 3.8) is 0 Å². The maximum atomic E-state index is 12.1. The van der Waals surface area contributed by atoms with Crippen molar-refractivity contribution in [1.82, 2.24) is 4.72 Å². The second kappa shape index (κ2) is 7.96. The van der Waals surface area contributed by atoms with E-state index in [2.05, 4.69) is 4.72 Å². The van der Waals surface area contributed by atoms with Crippen LogP contribution in [0.1, 0.15) is 30.1 Å². The molecule has 1 amide bonds. The maximum Gasteiger partial charge on any atom is 0.248 e. The van der Waals surface area contributed by atoms with Crippen molar-refractivity contribution in [2.75, 3.05) is 25.5 Å². The summed E-state index contributed by atoms with van der Waals surface area (Å²) in [5.74, 6) is -0.664. The number of carbonyl (C=O) groups excluding carboxylic acids is 1. The van der Waals surface area contributed by atoms with E-state index in [1.54, 1.807) is 0 Å². The second-order valence-corrected chi connectivity index (χ2v) is 6.22. The molecular formula is C13H21N3O4S. The molecule has 0 aromatic heterocycles. The van der Waals surface area contributed by atoms with Crippen molar-refractivity contribution in [2.45, 2.75) is 24.7 Å². The minimum absolute atomic E-state index is 0.0225. The van der Waals surface area contributed by atoms with Crippen molar-refractivity contribution in [3.8, 4) is 0 Å². The fourth-order valence-corrected chi connectivity index (χ4v) is 2.74. The van der Waals surface area contributed by atoms with Gasteiger partial charge in [0.05, 0.1) is 12.3 Å². The first kappa shape index (κ1) is 17.4. The van der Waals surface area contributed by atoms with Crippen LogP contribution in [0.3, 0.4) is 0 Å². The molecule has 0 saturated carbocycles. The molecule has 1 aromatic carbocycles. The molecule has 0 saturated heterocycles. The molecular weight excluding hydrogens is 294 g/mol. The second-order valence-electron chi connectivity index (χ2n) is 4.48. The normalized spacial score (nSPS) is 11.5. The van der Waals surface area contributed by atoms with Crippen molar-refractivity contribution in [2.24, 2.45) is 5.73 Å². The van der Waals surface area contributed by atoms with Crippen LogP contribution in [0, 0.1) is 0 Å². The van der Waals surface area contributed by atoms with E-state index < -0.39 is 15.9 Å². The molecule has 0 atom stereocenters. The lowest BCUT2D eigenvalue weighted by molar-refractivity contribution is 0.1000. The minimum Gasteiger partial charge on any atom is -0.398 e. The summed E-state index contributed by atoms with van der Waals surface area (Å²) >= 11 is 0. The molecule has 0 heterocycles. The number of primary amides is 1. The first-order valence-electron chi connectivity index (χ1n) is 6.65. The van der Waals surface area contributed by atoms with E-state index in [9.17, 15) is 13.2 Å². The summed E-state index contributed by atoms with van der Waals surface area (Å²) < 4.78 is 31.8. The van der Waals surface area contributed by atoms with Gasteiger partial charge in [-0.05, 0) is 24.6 Å². The number of benzene rings is 1. The third-order valence-corrected chi connectivity index (χ3v) is 4.30. The van der Waals surface area contributed by atoms with E-state index in [-0.39, 0.29) is 22.7 Å². The lowest BCUT2D eigenvalue weighted by atomic mass is 10.2. The van der Waals surface area contributed by atoms with Crippen LogP contribution < -0.4 is 16.2 Å². The molecule has 0 fully saturated rings. The highest BCUT2D eigenvalue weighted by molar-refractivity contribution is 7.89. The molecule has 0 bridgehead atoms. The standard InChI is InChI=1S/C13H21N3O4S/c1-2-3-7-20-8-6-16-21(18,19)12-5-4-10(13(15)17)9-11(12)14/h4-5,9,16H,2-3,6-8,14H2,1H3,(H2,15,17). The molecule has 5 N–H and O–H groups in total. The van der Waals surface area contributed by atoms with Gasteiger partial charge in [0, 0.05) is 18.7 Å². The molecule has 1 aromatic rings. The van der Waals surface area contributed by atoms with E-state index in [1.165, 1.54) is 18.2 Å². The van der Waals surface area contributed by atoms with Gasteiger partial charge in [0.15, 0.2) is 0 Å². The lowest BCUT2D eigenvalue weighted by Crippen LogP contribution is -2.28. The van der Waals surface area contributed by atoms with Crippen molar-refractivity contribution in [3.05, 3.63) is 23.8 Å². The summed E-state index contributed by atoms with van der Waals surface area (Å²) in [6, 6.07) is 3.83. The number of nitrogen functional groups attached to an aromatic ring is 1. The summed E-state index contributed by atoms with van der Waals surface area (Å²) in [6.07, 6.45) is 1.96. The van der Waals surface area contributed by atoms with E-state index in [0.717, 1.165) is 12.8 Å². The Labute approximate surface area is 124 Å². The molecule has 0 spiro atoms. The van der Waals surface area contributed by atoms with Gasteiger partial charge in [-0.15, -0.1) is 0 Å². The smallest absolute Gasteiger partial charge is 0.248 e. The van der Waals surface area contributed by atoms with Gasteiger partial charge in [-0.25, -0.2) is 13.1 Å². The summed E-state index contributed by atoms with van der Waals surface area (Å²) in [4.78, 5) is 10.9. The van der Waals surface area contributed by atoms with Crippen molar-refractivity contribution < 1.29 is 17.9 Å². The topological polar surface area (TPSA) is 125 Å². The van der Waals surface area contributed by atoms with Gasteiger partial charge in [0.25, 0.3) is 0 Å². The van der Waals surface area contributed by atoms with Gasteiger partial charge >= 0.3 is 0 Å². The Hall–Kier alpha value is -1.64. The van der Waals surface area contributed by atoms with E-state index in [0.29, 0.717) is 13.2 Å². The maximum absolute atomic E-state index is 12.1. The Morgan fingerprint density at radius 1 is 1.33 bits per heavy atom. The van der Waals surface area contributed by atoms with Crippen molar-refractivity contribution >= 4 is 21.6 Å². The molecule has 0 aliphatic heterocycles. The lowest BCUT2D eigenvalue weighted by Gasteiger charge is -2.10. The predicted octanol–water partition coefficient (Wildman–Crippen LogP) is 0.463. The molecule has 21 heavy (non-hydrogen) atoms. The molecule has 0 aliphatic rings. The third-order valence-electron chi connectivity index (χ3n) is 2.76. The Morgan fingerprint density at radius 2 is 2.05 bits per heavy atom. The Kier molecular flexibility index (Phi) is 6.60. The Bertz CT molecular complexity index is 587. The summed E-state index contributed by atoms with van der Waals surface area (Å²) in [5, 5.41) is 0. The molecule has 0 aliphatic carbocycles. The molecule has 0 radical (unpaired) electrons. The van der Waals surface area contributed by atoms with Gasteiger partial charge in [-0.3, -0.25) is 4.79 Å². The van der Waals surface area contributed by atoms with Gasteiger partial charge < -0.3 is 16.2 Å². The fraction of sp³-hybridized carbons (Fsp3) is 0.462. The number of unbranched alkanes of at least 4 members (excludes halogenated alkanes) is 1. The van der Waals surface area contributed by atoms with Crippen LogP contribution in [0.2, 0.25) is 0 Å². The number of carbonyl (C=O) groups is 1. The highest BCUT2D eigenvalue weighted by atomic mass is 32.2. The zero-order chi connectivity index (χ0) is 15.9. The number of amides is 1. The molecule has 7 nitrogen and oxygen atoms in total. The number of nitrogens with one attached hydrogen (secondary N) is 1. The minimum atomic E-state index is -3.73. The van der Waals surface area contributed by atoms with Crippen molar-refractivity contribution in [1.29, 1.82) is 0 Å². The zero-order valence-corrected chi connectivity index (χ0v) is 12.8. The Morgan fingerprint density at radius 3 is 2.62 bits per heavy atom. The highest BCUT2D eigenvalue weighted by Gasteiger charge is 2.17. The van der Waals surface area contributed by atoms with E-state index >= 15 is 0 Å². The fourth-order valence-electron chi connectivity index (χ4n) is 1.62. The van der Waals surface area contributed by atoms with Crippen LogP contribution in [0.4, 0.5) is 5.69 Å². The SMILES string of the molecule is CCCCOCCNS(=O)(=O)c1ccc(C(N)=O)cc1N. The van der Waals surface area contributed by atoms with E-state index in [4.69, 9.17) is 16.2 Å². The molecule has 0 unspecified atom stereocenters. The predicted molar refractivity (Wildman–Crippen MR) is 80.3 cm³/mol. The van der Waals surface area contributed by atoms with Crippen LogP contribution in [0.5, 0.6) is 0 Å². The number of anilines is 1. The first-order valence-corrected chi connectivity index (χ1v) is 8.13. The van der Waals surface area contributed by atoms with Gasteiger partial charge in [0.1, 0.15) is 4.90 Å². The van der Waals surface area contributed by atoms with Gasteiger partial charge in [-0.1, -0.05) is 13.3 Å². The number of nitrogens with two attached hydrogens (primary N) is 2. The molecule has 118 valence electrons. The zero-order valence-electron chi connectivity index (χ0n) is 12.0. The summed E-state index contributed by atoms with van der Waals surface area (Å²) in [6.45, 7) is 3.10. The van der Waals surface area contributed by atoms with Gasteiger partial charge in [-0.2, -0.15) is 0 Å². The summed E-state index contributed by atoms with van der Waals surface area (Å²) in [7, 11) is -3.73. The third kappa shape index (κ3) is 5.33. The number of ether oxygens (including phenoxy) is 1. The highest BCUT2D eigenvalue weighted by Crippen LogP contribution is 2.19. The molecule has 8 heteroatoms. The number of hydrogen-bond donors (Lipinski definition) is 3. The quantitative estimate of drug-likeness (QED) is 0.451. The average Bonchev–Trinajstić information content (AvgIpc) is 2.42.